The second kappa shape index (κ2) is 9.97. The molecule has 27 heavy (non-hydrogen) atoms. The molecular weight excluding hydrogens is 340 g/mol. The third-order valence-corrected chi connectivity index (χ3v) is 4.72. The number of nitrogens with zero attached hydrogens (tertiary/aromatic N) is 1. The monoisotopic (exact) mass is 368 g/mol. The fourth-order valence-electron chi connectivity index (χ4n) is 3.47. The molecule has 0 spiro atoms. The zero-order valence-corrected chi connectivity index (χ0v) is 15.9. The Kier molecular flexibility index (Phi) is 7.11. The van der Waals surface area contributed by atoms with Gasteiger partial charge < -0.3 is 14.8 Å². The van der Waals surface area contributed by atoms with Gasteiger partial charge in [-0.25, -0.2) is 0 Å². The highest BCUT2D eigenvalue weighted by molar-refractivity contribution is 5.78. The summed E-state index contributed by atoms with van der Waals surface area (Å²) in [5, 5.41) is 2.95. The van der Waals surface area contributed by atoms with Crippen molar-refractivity contribution in [3.8, 4) is 11.5 Å². The number of likely N-dealkylation sites (tertiary alicyclic amines) is 1. The van der Waals surface area contributed by atoms with Gasteiger partial charge in [-0.1, -0.05) is 30.3 Å². The van der Waals surface area contributed by atoms with Gasteiger partial charge in [-0.3, -0.25) is 9.69 Å². The molecule has 0 aromatic heterocycles. The molecule has 1 saturated heterocycles. The predicted octanol–water partition coefficient (Wildman–Crippen LogP) is 3.42. The average Bonchev–Trinajstić information content (AvgIpc) is 3.15. The van der Waals surface area contributed by atoms with E-state index in [1.165, 1.54) is 5.56 Å². The molecule has 0 saturated carbocycles. The van der Waals surface area contributed by atoms with E-state index in [1.807, 2.05) is 37.3 Å². The van der Waals surface area contributed by atoms with E-state index < -0.39 is 0 Å². The lowest BCUT2D eigenvalue weighted by molar-refractivity contribution is -0.122. The minimum Gasteiger partial charge on any atom is -0.494 e. The standard InChI is InChI=1S/C22H28N2O3/c1-2-26-19-10-12-20(13-11-19)27-16-14-23-22(25)17-24-15-6-9-21(24)18-7-4-3-5-8-18/h3-5,7-8,10-13,21H,2,6,9,14-17H2,1H3,(H,23,25)/t21-/m0/s1. The van der Waals surface area contributed by atoms with Crippen molar-refractivity contribution in [2.24, 2.45) is 0 Å². The lowest BCUT2D eigenvalue weighted by atomic mass is 10.0. The predicted molar refractivity (Wildman–Crippen MR) is 106 cm³/mol. The first-order valence-corrected chi connectivity index (χ1v) is 9.67. The quantitative estimate of drug-likeness (QED) is 0.689. The summed E-state index contributed by atoms with van der Waals surface area (Å²) in [6.07, 6.45) is 2.24. The fraction of sp³-hybridized carbons (Fsp3) is 0.409. The number of ether oxygens (including phenoxy) is 2. The summed E-state index contributed by atoms with van der Waals surface area (Å²) in [6, 6.07) is 18.3. The van der Waals surface area contributed by atoms with Crippen LogP contribution in [0.2, 0.25) is 0 Å². The molecule has 2 aromatic rings. The van der Waals surface area contributed by atoms with Gasteiger partial charge in [-0.2, -0.15) is 0 Å². The summed E-state index contributed by atoms with van der Waals surface area (Å²) in [6.45, 7) is 4.95. The molecule has 0 aliphatic carbocycles. The van der Waals surface area contributed by atoms with Crippen molar-refractivity contribution >= 4 is 5.91 Å². The van der Waals surface area contributed by atoms with Gasteiger partial charge in [0.1, 0.15) is 18.1 Å². The minimum absolute atomic E-state index is 0.0492. The Bertz CT molecular complexity index is 703. The molecule has 5 nitrogen and oxygen atoms in total. The topological polar surface area (TPSA) is 50.8 Å². The largest absolute Gasteiger partial charge is 0.494 e. The summed E-state index contributed by atoms with van der Waals surface area (Å²) >= 11 is 0. The molecule has 1 N–H and O–H groups in total. The molecule has 1 fully saturated rings. The molecule has 5 heteroatoms. The third kappa shape index (κ3) is 5.73. The molecule has 1 amide bonds. The summed E-state index contributed by atoms with van der Waals surface area (Å²) in [5.41, 5.74) is 1.29. The molecule has 144 valence electrons. The van der Waals surface area contributed by atoms with Crippen LogP contribution in [0, 0.1) is 0 Å². The van der Waals surface area contributed by atoms with E-state index in [-0.39, 0.29) is 5.91 Å². The Morgan fingerprint density at radius 2 is 1.78 bits per heavy atom. The zero-order valence-electron chi connectivity index (χ0n) is 15.9. The first-order valence-electron chi connectivity index (χ1n) is 9.67. The van der Waals surface area contributed by atoms with Crippen molar-refractivity contribution in [3.05, 3.63) is 60.2 Å². The second-order valence-electron chi connectivity index (χ2n) is 6.64. The van der Waals surface area contributed by atoms with Crippen molar-refractivity contribution in [2.45, 2.75) is 25.8 Å². The maximum atomic E-state index is 12.3. The molecule has 1 aliphatic rings. The van der Waals surface area contributed by atoms with E-state index in [0.717, 1.165) is 30.9 Å². The number of hydrogen-bond acceptors (Lipinski definition) is 4. The number of rotatable bonds is 9. The van der Waals surface area contributed by atoms with Crippen LogP contribution < -0.4 is 14.8 Å². The first kappa shape index (κ1) is 19.2. The van der Waals surface area contributed by atoms with Gasteiger partial charge in [0, 0.05) is 6.04 Å². The van der Waals surface area contributed by atoms with Gasteiger partial charge in [0.2, 0.25) is 5.91 Å². The molecule has 0 bridgehead atoms. The van der Waals surface area contributed by atoms with Crippen LogP contribution in [0.3, 0.4) is 0 Å². The second-order valence-corrected chi connectivity index (χ2v) is 6.64. The van der Waals surface area contributed by atoms with Crippen LogP contribution in [0.25, 0.3) is 0 Å². The fourth-order valence-corrected chi connectivity index (χ4v) is 3.47. The van der Waals surface area contributed by atoms with Crippen molar-refractivity contribution in [2.75, 3.05) is 32.8 Å². The summed E-state index contributed by atoms with van der Waals surface area (Å²) in [5.74, 6) is 1.65. The minimum atomic E-state index is 0.0492. The number of hydrogen-bond donors (Lipinski definition) is 1. The number of nitrogens with one attached hydrogen (secondary N) is 1. The molecule has 0 radical (unpaired) electrons. The first-order chi connectivity index (χ1) is 13.3. The number of benzene rings is 2. The highest BCUT2D eigenvalue weighted by atomic mass is 16.5. The van der Waals surface area contributed by atoms with Gasteiger partial charge in [-0.05, 0) is 56.1 Å². The van der Waals surface area contributed by atoms with Gasteiger partial charge in [0.15, 0.2) is 0 Å². The van der Waals surface area contributed by atoms with E-state index >= 15 is 0 Å². The zero-order chi connectivity index (χ0) is 18.9. The molecule has 1 heterocycles. The van der Waals surface area contributed by atoms with Crippen molar-refractivity contribution in [1.29, 1.82) is 0 Å². The van der Waals surface area contributed by atoms with Gasteiger partial charge >= 0.3 is 0 Å². The molecular formula is C22H28N2O3. The average molecular weight is 368 g/mol. The molecule has 3 rings (SSSR count). The highest BCUT2D eigenvalue weighted by Gasteiger charge is 2.27. The molecule has 1 atom stereocenters. The lowest BCUT2D eigenvalue weighted by Gasteiger charge is -2.24. The Morgan fingerprint density at radius 1 is 1.07 bits per heavy atom. The lowest BCUT2D eigenvalue weighted by Crippen LogP contribution is -2.38. The summed E-state index contributed by atoms with van der Waals surface area (Å²) in [4.78, 5) is 14.5. The van der Waals surface area contributed by atoms with Crippen molar-refractivity contribution in [3.63, 3.8) is 0 Å². The molecule has 1 aliphatic heterocycles. The Balaban J connectivity index is 1.38. The van der Waals surface area contributed by atoms with Crippen LogP contribution in [0.15, 0.2) is 54.6 Å². The van der Waals surface area contributed by atoms with Crippen LogP contribution in [-0.2, 0) is 4.79 Å². The third-order valence-electron chi connectivity index (χ3n) is 4.72. The Morgan fingerprint density at radius 3 is 2.48 bits per heavy atom. The smallest absolute Gasteiger partial charge is 0.234 e. The van der Waals surface area contributed by atoms with E-state index in [2.05, 4.69) is 34.5 Å². The van der Waals surface area contributed by atoms with Crippen LogP contribution >= 0.6 is 0 Å². The normalized spacial score (nSPS) is 16.9. The van der Waals surface area contributed by atoms with Gasteiger partial charge in [-0.15, -0.1) is 0 Å². The maximum absolute atomic E-state index is 12.3. The summed E-state index contributed by atoms with van der Waals surface area (Å²) in [7, 11) is 0. The molecule has 0 unspecified atom stereocenters. The van der Waals surface area contributed by atoms with Crippen LogP contribution in [0.4, 0.5) is 0 Å². The van der Waals surface area contributed by atoms with Crippen molar-refractivity contribution < 1.29 is 14.3 Å². The number of carbonyl (C=O) groups excluding carboxylic acids is 1. The SMILES string of the molecule is CCOc1ccc(OCCNC(=O)CN2CCC[C@H]2c2ccccc2)cc1. The maximum Gasteiger partial charge on any atom is 0.234 e. The van der Waals surface area contributed by atoms with Crippen molar-refractivity contribution in [1.82, 2.24) is 10.2 Å². The number of amides is 1. The summed E-state index contributed by atoms with van der Waals surface area (Å²) < 4.78 is 11.1. The van der Waals surface area contributed by atoms with E-state index in [0.29, 0.717) is 32.3 Å². The molecule has 2 aromatic carbocycles. The van der Waals surface area contributed by atoms with Crippen LogP contribution in [0.5, 0.6) is 11.5 Å². The Hall–Kier alpha value is -2.53. The van der Waals surface area contributed by atoms with Crippen LogP contribution in [0.1, 0.15) is 31.4 Å². The van der Waals surface area contributed by atoms with E-state index in [9.17, 15) is 4.79 Å². The highest BCUT2D eigenvalue weighted by Crippen LogP contribution is 2.31. The van der Waals surface area contributed by atoms with E-state index in [1.54, 1.807) is 0 Å². The van der Waals surface area contributed by atoms with Gasteiger partial charge in [0.25, 0.3) is 0 Å². The van der Waals surface area contributed by atoms with Gasteiger partial charge in [0.05, 0.1) is 19.7 Å². The van der Waals surface area contributed by atoms with Crippen LogP contribution in [-0.4, -0.2) is 43.7 Å². The van der Waals surface area contributed by atoms with E-state index in [4.69, 9.17) is 9.47 Å². The number of carbonyl (C=O) groups is 1. The Labute approximate surface area is 161 Å².